The molecule has 0 aliphatic carbocycles. The molecular formula is C23H21NO2. The number of carbonyl (C=O) groups is 1. The Morgan fingerprint density at radius 2 is 1.77 bits per heavy atom. The largest absolute Gasteiger partial charge is 0.465 e. The van der Waals surface area contributed by atoms with Crippen molar-refractivity contribution < 1.29 is 9.53 Å². The first kappa shape index (κ1) is 17.7. The summed E-state index contributed by atoms with van der Waals surface area (Å²) >= 11 is 0. The van der Waals surface area contributed by atoms with Crippen LogP contribution < -0.4 is 5.32 Å². The van der Waals surface area contributed by atoms with E-state index in [4.69, 9.17) is 4.74 Å². The van der Waals surface area contributed by atoms with Crippen LogP contribution in [0.5, 0.6) is 0 Å². The normalized spacial score (nSPS) is 11.5. The Hall–Kier alpha value is -3.09. The number of hydrogen-bond acceptors (Lipinski definition) is 3. The van der Waals surface area contributed by atoms with E-state index in [1.807, 2.05) is 12.1 Å². The van der Waals surface area contributed by atoms with Gasteiger partial charge >= 0.3 is 5.97 Å². The molecule has 3 aromatic rings. The smallest absolute Gasteiger partial charge is 0.339 e. The summed E-state index contributed by atoms with van der Waals surface area (Å²) < 4.78 is 4.80. The Labute approximate surface area is 154 Å². The van der Waals surface area contributed by atoms with Gasteiger partial charge in [0.05, 0.1) is 19.2 Å². The Morgan fingerprint density at radius 1 is 1.04 bits per heavy atom. The van der Waals surface area contributed by atoms with E-state index < -0.39 is 0 Å². The van der Waals surface area contributed by atoms with Gasteiger partial charge in [0.25, 0.3) is 0 Å². The zero-order chi connectivity index (χ0) is 18.4. The van der Waals surface area contributed by atoms with Gasteiger partial charge in [-0.2, -0.15) is 0 Å². The van der Waals surface area contributed by atoms with Gasteiger partial charge < -0.3 is 4.74 Å². The molecule has 0 amide bonds. The van der Waals surface area contributed by atoms with Gasteiger partial charge in [0, 0.05) is 11.6 Å². The van der Waals surface area contributed by atoms with E-state index in [0.29, 0.717) is 17.7 Å². The molecule has 0 heterocycles. The highest BCUT2D eigenvalue weighted by molar-refractivity contribution is 5.92. The van der Waals surface area contributed by atoms with Crippen molar-refractivity contribution in [2.75, 3.05) is 13.7 Å². The molecule has 1 atom stereocenters. The Balaban J connectivity index is 1.71. The van der Waals surface area contributed by atoms with Crippen molar-refractivity contribution in [3.05, 3.63) is 83.4 Å². The van der Waals surface area contributed by atoms with Gasteiger partial charge in [0.2, 0.25) is 0 Å². The van der Waals surface area contributed by atoms with Gasteiger partial charge in [-0.3, -0.25) is 5.32 Å². The van der Waals surface area contributed by atoms with Crippen LogP contribution in [0, 0.1) is 11.8 Å². The second kappa shape index (κ2) is 8.33. The number of esters is 1. The maximum atomic E-state index is 11.8. The molecule has 3 aromatic carbocycles. The molecule has 0 aromatic heterocycles. The standard InChI is InChI=1S/C23H21NO2/c1-17(20-15-7-11-18-9-3-5-13-21(18)20)24-16-8-12-19-10-4-6-14-22(19)23(25)26-2/h3-7,9-11,13-15,17,24H,16H2,1-2H3. The molecule has 0 saturated heterocycles. The van der Waals surface area contributed by atoms with Crippen LogP contribution in [0.25, 0.3) is 10.8 Å². The van der Waals surface area contributed by atoms with Gasteiger partial charge in [0.15, 0.2) is 0 Å². The number of benzene rings is 3. The first-order valence-corrected chi connectivity index (χ1v) is 8.58. The average Bonchev–Trinajstić information content (AvgIpc) is 2.70. The number of fused-ring (bicyclic) bond motifs is 1. The lowest BCUT2D eigenvalue weighted by molar-refractivity contribution is 0.0600. The molecule has 3 rings (SSSR count). The van der Waals surface area contributed by atoms with Crippen molar-refractivity contribution in [2.45, 2.75) is 13.0 Å². The second-order valence-electron chi connectivity index (χ2n) is 6.01. The third kappa shape index (κ3) is 3.93. The lowest BCUT2D eigenvalue weighted by Crippen LogP contribution is -2.19. The SMILES string of the molecule is COC(=O)c1ccccc1C#CCNC(C)c1cccc2ccccc12. The number of nitrogens with one attached hydrogen (secondary N) is 1. The van der Waals surface area contributed by atoms with Gasteiger partial charge in [-0.15, -0.1) is 0 Å². The third-order valence-electron chi connectivity index (χ3n) is 4.34. The van der Waals surface area contributed by atoms with Crippen LogP contribution in [0.1, 0.15) is 34.5 Å². The van der Waals surface area contributed by atoms with Crippen LogP contribution in [0.3, 0.4) is 0 Å². The summed E-state index contributed by atoms with van der Waals surface area (Å²) in [5.41, 5.74) is 2.42. The number of carbonyl (C=O) groups excluding carboxylic acids is 1. The zero-order valence-electron chi connectivity index (χ0n) is 15.0. The maximum absolute atomic E-state index is 11.8. The molecule has 0 aliphatic heterocycles. The summed E-state index contributed by atoms with van der Waals surface area (Å²) in [6.45, 7) is 2.66. The van der Waals surface area contributed by atoms with E-state index in [9.17, 15) is 4.79 Å². The summed E-state index contributed by atoms with van der Waals surface area (Å²) in [4.78, 5) is 11.8. The van der Waals surface area contributed by atoms with Gasteiger partial charge in [-0.25, -0.2) is 4.79 Å². The van der Waals surface area contributed by atoms with Crippen molar-refractivity contribution in [3.63, 3.8) is 0 Å². The van der Waals surface area contributed by atoms with Crippen LogP contribution in [-0.4, -0.2) is 19.6 Å². The van der Waals surface area contributed by atoms with Crippen LogP contribution >= 0.6 is 0 Å². The minimum absolute atomic E-state index is 0.172. The highest BCUT2D eigenvalue weighted by Gasteiger charge is 2.09. The summed E-state index contributed by atoms with van der Waals surface area (Å²) in [5, 5.41) is 5.92. The van der Waals surface area contributed by atoms with Gasteiger partial charge in [-0.05, 0) is 35.4 Å². The fraction of sp³-hybridized carbons (Fsp3) is 0.174. The summed E-state index contributed by atoms with van der Waals surface area (Å²) in [5.74, 6) is 5.79. The molecule has 130 valence electrons. The fourth-order valence-corrected chi connectivity index (χ4v) is 2.96. The number of methoxy groups -OCH3 is 1. The molecular weight excluding hydrogens is 322 g/mol. The second-order valence-corrected chi connectivity index (χ2v) is 6.01. The van der Waals surface area contributed by atoms with E-state index in [2.05, 4.69) is 66.5 Å². The molecule has 3 nitrogen and oxygen atoms in total. The molecule has 0 radical (unpaired) electrons. The maximum Gasteiger partial charge on any atom is 0.339 e. The Bertz CT molecular complexity index is 977. The Kier molecular flexibility index (Phi) is 5.68. The van der Waals surface area contributed by atoms with Crippen LogP contribution in [0.4, 0.5) is 0 Å². The average molecular weight is 343 g/mol. The lowest BCUT2D eigenvalue weighted by atomic mass is 10.00. The monoisotopic (exact) mass is 343 g/mol. The van der Waals surface area contributed by atoms with Crippen molar-refractivity contribution in [2.24, 2.45) is 0 Å². The predicted molar refractivity (Wildman–Crippen MR) is 105 cm³/mol. The fourth-order valence-electron chi connectivity index (χ4n) is 2.96. The van der Waals surface area contributed by atoms with Crippen LogP contribution in [0.2, 0.25) is 0 Å². The Morgan fingerprint density at radius 3 is 2.62 bits per heavy atom. The van der Waals surface area contributed by atoms with E-state index in [1.165, 1.54) is 23.4 Å². The first-order chi connectivity index (χ1) is 12.7. The summed E-state index contributed by atoms with van der Waals surface area (Å²) in [6.07, 6.45) is 0. The molecule has 1 N–H and O–H groups in total. The minimum atomic E-state index is -0.369. The highest BCUT2D eigenvalue weighted by Crippen LogP contribution is 2.23. The highest BCUT2D eigenvalue weighted by atomic mass is 16.5. The third-order valence-corrected chi connectivity index (χ3v) is 4.34. The van der Waals surface area contributed by atoms with E-state index in [1.54, 1.807) is 12.1 Å². The van der Waals surface area contributed by atoms with Crippen molar-refractivity contribution in [3.8, 4) is 11.8 Å². The molecule has 1 unspecified atom stereocenters. The summed E-state index contributed by atoms with van der Waals surface area (Å²) in [6, 6.07) is 22.1. The number of hydrogen-bond donors (Lipinski definition) is 1. The summed E-state index contributed by atoms with van der Waals surface area (Å²) in [7, 11) is 1.37. The molecule has 0 spiro atoms. The molecule has 26 heavy (non-hydrogen) atoms. The van der Waals surface area contributed by atoms with Gasteiger partial charge in [-0.1, -0.05) is 66.4 Å². The van der Waals surface area contributed by atoms with E-state index >= 15 is 0 Å². The zero-order valence-corrected chi connectivity index (χ0v) is 15.0. The van der Waals surface area contributed by atoms with Crippen LogP contribution in [-0.2, 0) is 4.74 Å². The molecule has 0 saturated carbocycles. The molecule has 3 heteroatoms. The lowest BCUT2D eigenvalue weighted by Gasteiger charge is -2.15. The quantitative estimate of drug-likeness (QED) is 0.566. The van der Waals surface area contributed by atoms with Crippen molar-refractivity contribution in [1.29, 1.82) is 0 Å². The predicted octanol–water partition coefficient (Wildman–Crippen LogP) is 4.33. The van der Waals surface area contributed by atoms with E-state index in [-0.39, 0.29) is 12.0 Å². The molecule has 0 aliphatic rings. The molecule has 0 fully saturated rings. The number of ether oxygens (including phenoxy) is 1. The van der Waals surface area contributed by atoms with Gasteiger partial charge in [0.1, 0.15) is 0 Å². The van der Waals surface area contributed by atoms with Crippen LogP contribution in [0.15, 0.2) is 66.7 Å². The van der Waals surface area contributed by atoms with E-state index in [0.717, 1.165) is 0 Å². The molecule has 0 bridgehead atoms. The minimum Gasteiger partial charge on any atom is -0.465 e. The first-order valence-electron chi connectivity index (χ1n) is 8.58. The number of rotatable bonds is 4. The van der Waals surface area contributed by atoms with Crippen molar-refractivity contribution >= 4 is 16.7 Å². The topological polar surface area (TPSA) is 38.3 Å². The van der Waals surface area contributed by atoms with Crippen molar-refractivity contribution in [1.82, 2.24) is 5.32 Å².